The minimum absolute atomic E-state index is 0.0853. The fourth-order valence-electron chi connectivity index (χ4n) is 7.19. The predicted octanol–water partition coefficient (Wildman–Crippen LogP) is 5.92. The van der Waals surface area contributed by atoms with Gasteiger partial charge in [0, 0.05) is 72.2 Å². The van der Waals surface area contributed by atoms with E-state index in [0.29, 0.717) is 41.4 Å². The number of rotatable bonds is 6. The SMILES string of the molecule is C=CC(=O)N1C[C@@H](C)N(c2nc(NC3CCN(C4CC4)CC3)nc3c(F)c(-c4c(C)ccc5cn[nH]c45)c(Cl)cc23)[C@@H](C)C1. The third kappa shape index (κ3) is 5.07. The van der Waals surface area contributed by atoms with Crippen molar-refractivity contribution in [3.8, 4) is 11.1 Å². The van der Waals surface area contributed by atoms with Crippen LogP contribution in [0.5, 0.6) is 0 Å². The first-order chi connectivity index (χ1) is 21.2. The third-order valence-corrected chi connectivity index (χ3v) is 9.81. The number of hydrogen-bond donors (Lipinski definition) is 2. The lowest BCUT2D eigenvalue weighted by atomic mass is 9.96. The molecule has 4 heterocycles. The molecule has 1 saturated carbocycles. The summed E-state index contributed by atoms with van der Waals surface area (Å²) < 4.78 is 17.0. The standard InChI is InChI=1S/C33H38ClFN8O/c1-5-26(44)42-16-19(3)43(20(4)17-42)32-24-14-25(34)28(27-18(2)6-7-21-15-36-40-30(21)27)29(35)31(24)38-33(39-32)37-22-10-12-41(13-11-22)23-8-9-23/h5-7,14-15,19-20,22-23H,1,8-13,16-17H2,2-4H3,(H,36,40)(H,37,38,39)/t19-,20+. The summed E-state index contributed by atoms with van der Waals surface area (Å²) in [5.74, 6) is 0.430. The molecule has 2 atom stereocenters. The van der Waals surface area contributed by atoms with Crippen molar-refractivity contribution in [2.24, 2.45) is 0 Å². The molecule has 4 aromatic rings. The molecule has 2 aromatic carbocycles. The molecule has 2 aliphatic heterocycles. The molecule has 11 heteroatoms. The predicted molar refractivity (Wildman–Crippen MR) is 174 cm³/mol. The van der Waals surface area contributed by atoms with Gasteiger partial charge in [-0.25, -0.2) is 9.37 Å². The van der Waals surface area contributed by atoms with E-state index in [4.69, 9.17) is 21.6 Å². The smallest absolute Gasteiger partial charge is 0.246 e. The van der Waals surface area contributed by atoms with Crippen LogP contribution in [-0.4, -0.2) is 86.2 Å². The van der Waals surface area contributed by atoms with Crippen LogP contribution in [0.1, 0.15) is 45.1 Å². The number of carbonyl (C=O) groups excluding carboxylic acids is 1. The van der Waals surface area contributed by atoms with Crippen LogP contribution >= 0.6 is 11.6 Å². The Kier molecular flexibility index (Phi) is 7.45. The van der Waals surface area contributed by atoms with Gasteiger partial charge in [0.05, 0.1) is 16.7 Å². The summed E-state index contributed by atoms with van der Waals surface area (Å²) in [6.07, 6.45) is 7.64. The summed E-state index contributed by atoms with van der Waals surface area (Å²) in [4.78, 5) is 28.9. The number of hydrogen-bond acceptors (Lipinski definition) is 7. The van der Waals surface area contributed by atoms with Gasteiger partial charge in [-0.2, -0.15) is 10.1 Å². The Morgan fingerprint density at radius 3 is 2.52 bits per heavy atom. The number of anilines is 2. The van der Waals surface area contributed by atoms with Crippen molar-refractivity contribution in [2.75, 3.05) is 36.4 Å². The van der Waals surface area contributed by atoms with E-state index in [1.807, 2.05) is 19.1 Å². The highest BCUT2D eigenvalue weighted by molar-refractivity contribution is 6.35. The number of piperazine rings is 1. The summed E-state index contributed by atoms with van der Waals surface area (Å²) in [5, 5.41) is 12.5. The summed E-state index contributed by atoms with van der Waals surface area (Å²) in [7, 11) is 0. The first-order valence-electron chi connectivity index (χ1n) is 15.6. The molecule has 0 bridgehead atoms. The van der Waals surface area contributed by atoms with Gasteiger partial charge in [0.1, 0.15) is 11.3 Å². The number of aromatic amines is 1. The number of aromatic nitrogens is 4. The molecule has 44 heavy (non-hydrogen) atoms. The van der Waals surface area contributed by atoms with Gasteiger partial charge in [0.2, 0.25) is 11.9 Å². The molecule has 230 valence electrons. The highest BCUT2D eigenvalue weighted by Crippen LogP contribution is 2.43. The van der Waals surface area contributed by atoms with Crippen molar-refractivity contribution in [3.63, 3.8) is 0 Å². The Labute approximate surface area is 261 Å². The number of carbonyl (C=O) groups is 1. The van der Waals surface area contributed by atoms with Gasteiger partial charge in [-0.1, -0.05) is 30.3 Å². The van der Waals surface area contributed by atoms with Crippen LogP contribution in [0.3, 0.4) is 0 Å². The van der Waals surface area contributed by atoms with Crippen LogP contribution in [0.15, 0.2) is 37.1 Å². The number of nitrogens with zero attached hydrogens (tertiary/aromatic N) is 6. The number of fused-ring (bicyclic) bond motifs is 2. The largest absolute Gasteiger partial charge is 0.351 e. The van der Waals surface area contributed by atoms with Crippen molar-refractivity contribution in [1.29, 1.82) is 0 Å². The first-order valence-corrected chi connectivity index (χ1v) is 15.9. The number of aryl methyl sites for hydroxylation is 1. The lowest BCUT2D eigenvalue weighted by Crippen LogP contribution is -2.58. The zero-order valence-electron chi connectivity index (χ0n) is 25.4. The van der Waals surface area contributed by atoms with E-state index in [2.05, 4.69) is 45.7 Å². The molecule has 2 saturated heterocycles. The Morgan fingerprint density at radius 2 is 1.84 bits per heavy atom. The van der Waals surface area contributed by atoms with E-state index < -0.39 is 5.82 Å². The van der Waals surface area contributed by atoms with E-state index in [-0.39, 0.29) is 34.6 Å². The zero-order valence-corrected chi connectivity index (χ0v) is 26.2. The van der Waals surface area contributed by atoms with Crippen LogP contribution in [0.4, 0.5) is 16.2 Å². The Balaban J connectivity index is 1.35. The molecular formula is C33H38ClFN8O. The second kappa shape index (κ2) is 11.3. The third-order valence-electron chi connectivity index (χ3n) is 9.51. The summed E-state index contributed by atoms with van der Waals surface area (Å²) in [6.45, 7) is 12.8. The lowest BCUT2D eigenvalue weighted by Gasteiger charge is -2.45. The summed E-state index contributed by atoms with van der Waals surface area (Å²) in [5.41, 5.74) is 2.78. The average Bonchev–Trinajstić information content (AvgIpc) is 3.75. The Hall–Kier alpha value is -3.76. The van der Waals surface area contributed by atoms with Crippen molar-refractivity contribution in [2.45, 2.75) is 70.6 Å². The maximum Gasteiger partial charge on any atom is 0.246 e. The zero-order chi connectivity index (χ0) is 30.7. The first kappa shape index (κ1) is 29.0. The minimum atomic E-state index is -0.492. The van der Waals surface area contributed by atoms with Gasteiger partial charge in [0.25, 0.3) is 0 Å². The molecular weight excluding hydrogens is 579 g/mol. The normalized spacial score (nSPS) is 21.8. The van der Waals surface area contributed by atoms with Gasteiger partial charge in [-0.05, 0) is 64.2 Å². The molecule has 9 nitrogen and oxygen atoms in total. The fraction of sp³-hybridized carbons (Fsp3) is 0.455. The molecule has 1 amide bonds. The van der Waals surface area contributed by atoms with Gasteiger partial charge in [-0.15, -0.1) is 0 Å². The summed E-state index contributed by atoms with van der Waals surface area (Å²) >= 11 is 6.96. The number of amides is 1. The maximum atomic E-state index is 17.0. The van der Waals surface area contributed by atoms with Crippen molar-refractivity contribution >= 4 is 51.1 Å². The summed E-state index contributed by atoms with van der Waals surface area (Å²) in [6, 6.07) is 6.47. The molecule has 0 radical (unpaired) electrons. The lowest BCUT2D eigenvalue weighted by molar-refractivity contribution is -0.127. The quantitative estimate of drug-likeness (QED) is 0.260. The highest BCUT2D eigenvalue weighted by atomic mass is 35.5. The molecule has 7 rings (SSSR count). The molecule has 3 fully saturated rings. The van der Waals surface area contributed by atoms with Crippen LogP contribution in [-0.2, 0) is 4.79 Å². The highest BCUT2D eigenvalue weighted by Gasteiger charge is 2.35. The molecule has 0 spiro atoms. The fourth-order valence-corrected chi connectivity index (χ4v) is 7.48. The van der Waals surface area contributed by atoms with Gasteiger partial charge >= 0.3 is 0 Å². The van der Waals surface area contributed by atoms with Crippen LogP contribution in [0, 0.1) is 12.7 Å². The molecule has 1 aliphatic carbocycles. The van der Waals surface area contributed by atoms with Crippen LogP contribution < -0.4 is 10.2 Å². The Bertz CT molecular complexity index is 1750. The van der Waals surface area contributed by atoms with E-state index in [9.17, 15) is 4.79 Å². The molecule has 2 N–H and O–H groups in total. The van der Waals surface area contributed by atoms with E-state index in [0.717, 1.165) is 48.4 Å². The number of likely N-dealkylation sites (tertiary alicyclic amines) is 1. The maximum absolute atomic E-state index is 17.0. The van der Waals surface area contributed by atoms with Crippen LogP contribution in [0.25, 0.3) is 32.9 Å². The second-order valence-corrected chi connectivity index (χ2v) is 13.1. The Morgan fingerprint density at radius 1 is 1.11 bits per heavy atom. The number of nitrogens with one attached hydrogen (secondary N) is 2. The topological polar surface area (TPSA) is 93.3 Å². The van der Waals surface area contributed by atoms with E-state index >= 15 is 4.39 Å². The van der Waals surface area contributed by atoms with Gasteiger partial charge in [0.15, 0.2) is 5.82 Å². The van der Waals surface area contributed by atoms with E-state index in [1.54, 1.807) is 17.2 Å². The molecule has 3 aliphatic rings. The second-order valence-electron chi connectivity index (χ2n) is 12.6. The van der Waals surface area contributed by atoms with Crippen molar-refractivity contribution < 1.29 is 9.18 Å². The number of H-pyrrole nitrogens is 1. The van der Waals surface area contributed by atoms with E-state index in [1.165, 1.54) is 18.9 Å². The number of halogens is 2. The monoisotopic (exact) mass is 616 g/mol. The van der Waals surface area contributed by atoms with Crippen molar-refractivity contribution in [3.05, 3.63) is 53.5 Å². The van der Waals surface area contributed by atoms with Crippen molar-refractivity contribution in [1.82, 2.24) is 30.0 Å². The number of piperidine rings is 1. The van der Waals surface area contributed by atoms with Gasteiger partial charge in [-0.3, -0.25) is 9.89 Å². The minimum Gasteiger partial charge on any atom is -0.351 e. The molecule has 0 unspecified atom stereocenters. The van der Waals surface area contributed by atoms with Crippen LogP contribution in [0.2, 0.25) is 5.02 Å². The number of benzene rings is 2. The average molecular weight is 617 g/mol. The van der Waals surface area contributed by atoms with Gasteiger partial charge < -0.3 is 20.0 Å². The molecule has 2 aromatic heterocycles.